The number of aryl methyl sites for hydroxylation is 2. The number of ketones is 1. The van der Waals surface area contributed by atoms with E-state index in [-0.39, 0.29) is 49.3 Å². The van der Waals surface area contributed by atoms with Crippen molar-refractivity contribution in [2.45, 2.75) is 67.2 Å². The van der Waals surface area contributed by atoms with E-state index in [0.29, 0.717) is 5.39 Å². The molecule has 0 spiro atoms. The van der Waals surface area contributed by atoms with Crippen molar-refractivity contribution in [3.05, 3.63) is 89.6 Å². The molecule has 0 atom stereocenters. The second-order valence-corrected chi connectivity index (χ2v) is 9.91. The molecular formula is C34H39FIrNO2-. The number of aromatic nitrogens is 1. The van der Waals surface area contributed by atoms with E-state index >= 15 is 0 Å². The van der Waals surface area contributed by atoms with Gasteiger partial charge in [-0.05, 0) is 59.7 Å². The number of allylic oxidation sites excluding steroid dienone is 2. The van der Waals surface area contributed by atoms with Crippen molar-refractivity contribution in [2.24, 2.45) is 11.8 Å². The maximum Gasteiger partial charge on any atom is 0.162 e. The summed E-state index contributed by atoms with van der Waals surface area (Å²) in [7, 11) is 0. The molecule has 39 heavy (non-hydrogen) atoms. The van der Waals surface area contributed by atoms with Crippen LogP contribution in [0.1, 0.15) is 64.5 Å². The van der Waals surface area contributed by atoms with E-state index in [4.69, 9.17) is 0 Å². The summed E-state index contributed by atoms with van der Waals surface area (Å²) in [6, 6.07) is 18.7. The van der Waals surface area contributed by atoms with Gasteiger partial charge in [0, 0.05) is 49.6 Å². The Kier molecular flexibility index (Phi) is 12.5. The number of hydrogen-bond acceptors (Lipinski definition) is 3. The van der Waals surface area contributed by atoms with Gasteiger partial charge in [-0.1, -0.05) is 65.8 Å². The minimum atomic E-state index is -0.216. The average molecular weight is 705 g/mol. The first-order valence-electron chi connectivity index (χ1n) is 13.6. The fourth-order valence-electron chi connectivity index (χ4n) is 5.00. The first kappa shape index (κ1) is 32.3. The third-order valence-electron chi connectivity index (χ3n) is 7.21. The topological polar surface area (TPSA) is 50.2 Å². The van der Waals surface area contributed by atoms with Crippen LogP contribution in [0.5, 0.6) is 0 Å². The molecule has 1 heterocycles. The summed E-state index contributed by atoms with van der Waals surface area (Å²) in [6.45, 7) is 12.1. The summed E-state index contributed by atoms with van der Waals surface area (Å²) >= 11 is 0. The molecule has 0 fully saturated rings. The van der Waals surface area contributed by atoms with Gasteiger partial charge in [-0.3, -0.25) is 4.79 Å². The number of carbonyl (C=O) groups is 1. The van der Waals surface area contributed by atoms with Crippen LogP contribution >= 0.6 is 0 Å². The fraction of sp³-hybridized carbons (Fsp3) is 0.353. The van der Waals surface area contributed by atoms with Gasteiger partial charge in [0.25, 0.3) is 0 Å². The first-order valence-corrected chi connectivity index (χ1v) is 13.6. The molecule has 0 unspecified atom stereocenters. The Labute approximate surface area is 245 Å². The van der Waals surface area contributed by atoms with E-state index in [0.717, 1.165) is 64.2 Å². The van der Waals surface area contributed by atoms with E-state index in [1.54, 1.807) is 18.3 Å². The minimum absolute atomic E-state index is 0. The van der Waals surface area contributed by atoms with Crippen LogP contribution < -0.4 is 0 Å². The Morgan fingerprint density at radius 1 is 0.949 bits per heavy atom. The second kappa shape index (κ2) is 15.1. The van der Waals surface area contributed by atoms with E-state index in [1.807, 2.05) is 65.8 Å². The van der Waals surface area contributed by atoms with Crippen molar-refractivity contribution in [1.29, 1.82) is 0 Å². The van der Waals surface area contributed by atoms with Crippen LogP contribution in [0.3, 0.4) is 0 Å². The molecule has 0 aliphatic rings. The van der Waals surface area contributed by atoms with Crippen LogP contribution in [0, 0.1) is 37.6 Å². The number of aliphatic hydroxyl groups is 1. The van der Waals surface area contributed by atoms with Crippen molar-refractivity contribution in [3.63, 3.8) is 0 Å². The Morgan fingerprint density at radius 2 is 1.59 bits per heavy atom. The maximum atomic E-state index is 14.5. The molecule has 3 nitrogen and oxygen atoms in total. The zero-order valence-corrected chi connectivity index (χ0v) is 26.2. The molecule has 1 radical (unpaired) electrons. The normalized spacial score (nSPS) is 11.5. The fourth-order valence-corrected chi connectivity index (χ4v) is 5.00. The zero-order valence-electron chi connectivity index (χ0n) is 23.8. The van der Waals surface area contributed by atoms with Gasteiger partial charge in [-0.25, -0.2) is 4.39 Å². The number of carbonyl (C=O) groups excluding carboxylic acids is 1. The smallest absolute Gasteiger partial charge is 0.162 e. The average Bonchev–Trinajstić information content (AvgIpc) is 2.90. The Bertz CT molecular complexity index is 1420. The van der Waals surface area contributed by atoms with Crippen molar-refractivity contribution in [3.8, 4) is 11.3 Å². The Balaban J connectivity index is 0.000000294. The molecule has 1 N–H and O–H groups in total. The van der Waals surface area contributed by atoms with Crippen LogP contribution in [0.15, 0.2) is 66.6 Å². The number of rotatable bonds is 8. The van der Waals surface area contributed by atoms with Gasteiger partial charge in [-0.2, -0.15) is 0 Å². The molecular weight excluding hydrogens is 666 g/mol. The van der Waals surface area contributed by atoms with Crippen LogP contribution in [-0.4, -0.2) is 15.9 Å². The van der Waals surface area contributed by atoms with E-state index in [2.05, 4.69) is 23.2 Å². The summed E-state index contributed by atoms with van der Waals surface area (Å²) in [5, 5.41) is 13.1. The number of benzene rings is 3. The number of pyridine rings is 1. The van der Waals surface area contributed by atoms with E-state index < -0.39 is 0 Å². The molecule has 209 valence electrons. The molecule has 3 aromatic carbocycles. The summed E-state index contributed by atoms with van der Waals surface area (Å²) < 4.78 is 14.5. The van der Waals surface area contributed by atoms with E-state index in [1.165, 1.54) is 6.08 Å². The third-order valence-corrected chi connectivity index (χ3v) is 7.21. The molecule has 0 amide bonds. The molecule has 4 aromatic rings. The van der Waals surface area contributed by atoms with Crippen LogP contribution in [0.25, 0.3) is 32.8 Å². The predicted molar refractivity (Wildman–Crippen MR) is 157 cm³/mol. The van der Waals surface area contributed by atoms with E-state index in [9.17, 15) is 14.3 Å². The number of fused-ring (bicyclic) bond motifs is 3. The Morgan fingerprint density at radius 3 is 2.21 bits per heavy atom. The largest absolute Gasteiger partial charge is 0.512 e. The zero-order chi connectivity index (χ0) is 27.8. The van der Waals surface area contributed by atoms with Gasteiger partial charge in [0.2, 0.25) is 0 Å². The predicted octanol–water partition coefficient (Wildman–Crippen LogP) is 9.48. The van der Waals surface area contributed by atoms with Crippen LogP contribution in [-0.2, 0) is 24.9 Å². The van der Waals surface area contributed by atoms with Crippen molar-refractivity contribution >= 4 is 27.3 Å². The van der Waals surface area contributed by atoms with Gasteiger partial charge in [0.05, 0.1) is 5.76 Å². The second-order valence-electron chi connectivity index (χ2n) is 9.91. The van der Waals surface area contributed by atoms with Crippen molar-refractivity contribution in [2.75, 3.05) is 0 Å². The molecule has 5 heteroatoms. The number of nitrogens with zero attached hydrogens (tertiary/aromatic N) is 1. The number of halogens is 1. The molecule has 4 rings (SSSR count). The van der Waals surface area contributed by atoms with Gasteiger partial charge >= 0.3 is 0 Å². The summed E-state index contributed by atoms with van der Waals surface area (Å²) in [4.78, 5) is 16.3. The van der Waals surface area contributed by atoms with Gasteiger partial charge in [0.1, 0.15) is 5.82 Å². The summed E-state index contributed by atoms with van der Waals surface area (Å²) in [5.41, 5.74) is 3.89. The van der Waals surface area contributed by atoms with Crippen molar-refractivity contribution < 1.29 is 34.4 Å². The van der Waals surface area contributed by atoms with Crippen LogP contribution in [0.4, 0.5) is 4.39 Å². The van der Waals surface area contributed by atoms with Crippen LogP contribution in [0.2, 0.25) is 0 Å². The quantitative estimate of drug-likeness (QED) is 0.0861. The SMILES string of the molecule is CCC(CC)C(=O)/C=C(\O)C(CC)CC.Cc1[c-]c(-c2nccc3c(F)cc4ccccc4c23)cc(C)c1.[Ir]. The molecule has 0 saturated heterocycles. The monoisotopic (exact) mass is 705 g/mol. The molecule has 0 saturated carbocycles. The number of hydrogen-bond donors (Lipinski definition) is 1. The molecule has 0 bridgehead atoms. The minimum Gasteiger partial charge on any atom is -0.512 e. The van der Waals surface area contributed by atoms with Gasteiger partial charge < -0.3 is 10.1 Å². The number of aliphatic hydroxyl groups excluding tert-OH is 1. The molecule has 0 aliphatic carbocycles. The standard InChI is InChI=1S/C21H15FN.C13H24O2.Ir/c1-13-9-14(2)11-16(10-13)21-20-17-6-4-3-5-15(17)12-19(22)18(20)7-8-23-21;1-5-10(6-2)12(14)9-13(15)11(7-3)8-4;/h3-10,12H,1-2H3;9-11,14H,5-8H2,1-4H3;/q-1;;/b;12-9-;. The molecule has 0 aliphatic heterocycles. The van der Waals surface area contributed by atoms with Gasteiger partial charge in [0.15, 0.2) is 5.78 Å². The molecule has 1 aromatic heterocycles. The first-order chi connectivity index (χ1) is 18.2. The van der Waals surface area contributed by atoms with Crippen molar-refractivity contribution in [1.82, 2.24) is 4.98 Å². The Hall–Kier alpha value is -2.88. The summed E-state index contributed by atoms with van der Waals surface area (Å²) in [6.07, 6.45) is 6.57. The maximum absolute atomic E-state index is 14.5. The van der Waals surface area contributed by atoms with Gasteiger partial charge in [-0.15, -0.1) is 34.9 Å². The summed E-state index contributed by atoms with van der Waals surface area (Å²) in [5.74, 6) is 0.331. The third kappa shape index (κ3) is 7.83.